The lowest BCUT2D eigenvalue weighted by Crippen LogP contribution is -2.32. The molecule has 1 heterocycles. The Morgan fingerprint density at radius 3 is 2.90 bits per heavy atom. The maximum atomic E-state index is 5.15. The number of aryl methyl sites for hydroxylation is 1. The van der Waals surface area contributed by atoms with Crippen LogP contribution in [0.2, 0.25) is 0 Å². The predicted octanol–water partition coefficient (Wildman–Crippen LogP) is 2.83. The van der Waals surface area contributed by atoms with E-state index >= 15 is 0 Å². The van der Waals surface area contributed by atoms with Crippen LogP contribution in [0.1, 0.15) is 42.7 Å². The van der Waals surface area contributed by atoms with Crippen LogP contribution in [-0.4, -0.2) is 16.7 Å². The second-order valence-corrected chi connectivity index (χ2v) is 6.24. The monoisotopic (exact) mass is 271 g/mol. The summed E-state index contributed by atoms with van der Waals surface area (Å²) in [5.41, 5.74) is 3.14. The van der Waals surface area contributed by atoms with Crippen molar-refractivity contribution >= 4 is 0 Å². The van der Waals surface area contributed by atoms with Gasteiger partial charge in [-0.2, -0.15) is 4.98 Å². The third kappa shape index (κ3) is 2.48. The van der Waals surface area contributed by atoms with Crippen LogP contribution in [0, 0.1) is 12.3 Å². The lowest BCUT2D eigenvalue weighted by Gasteiger charge is -2.28. The van der Waals surface area contributed by atoms with Gasteiger partial charge in [-0.15, -0.1) is 0 Å². The van der Waals surface area contributed by atoms with Crippen LogP contribution in [0.5, 0.6) is 0 Å². The molecular weight excluding hydrogens is 250 g/mol. The van der Waals surface area contributed by atoms with Gasteiger partial charge in [-0.25, -0.2) is 0 Å². The van der Waals surface area contributed by atoms with Gasteiger partial charge in [0.2, 0.25) is 5.89 Å². The second kappa shape index (κ2) is 5.02. The molecule has 0 saturated carbocycles. The third-order valence-corrected chi connectivity index (χ3v) is 4.05. The largest absolute Gasteiger partial charge is 0.339 e. The molecule has 2 aromatic rings. The zero-order chi connectivity index (χ0) is 14.2. The minimum atomic E-state index is 0.244. The van der Waals surface area contributed by atoms with Gasteiger partial charge in [-0.05, 0) is 29.9 Å². The fraction of sp³-hybridized carbons (Fsp3) is 0.500. The standard InChI is InChI=1S/C16H21N3O/c1-11-18-14(20-19-11)8-9-17-15-13-7-5-4-6-12(13)10-16(15,2)3/h4-7,15,17H,8-10H2,1-3H3. The Morgan fingerprint density at radius 2 is 2.15 bits per heavy atom. The van der Waals surface area contributed by atoms with Crippen molar-refractivity contribution in [2.45, 2.75) is 39.7 Å². The average molecular weight is 271 g/mol. The number of fused-ring (bicyclic) bond motifs is 1. The Balaban J connectivity index is 1.67. The van der Waals surface area contributed by atoms with Crippen molar-refractivity contribution in [2.24, 2.45) is 5.41 Å². The topological polar surface area (TPSA) is 51.0 Å². The zero-order valence-corrected chi connectivity index (χ0v) is 12.3. The molecule has 0 amide bonds. The number of hydrogen-bond donors (Lipinski definition) is 1. The Morgan fingerprint density at radius 1 is 1.35 bits per heavy atom. The summed E-state index contributed by atoms with van der Waals surface area (Å²) in [6.45, 7) is 7.34. The fourth-order valence-electron chi connectivity index (χ4n) is 3.14. The molecule has 3 rings (SSSR count). The molecule has 0 fully saturated rings. The summed E-state index contributed by atoms with van der Waals surface area (Å²) in [5.74, 6) is 1.41. The van der Waals surface area contributed by atoms with Crippen LogP contribution in [0.3, 0.4) is 0 Å². The molecule has 1 N–H and O–H groups in total. The van der Waals surface area contributed by atoms with Gasteiger partial charge in [0.1, 0.15) is 0 Å². The minimum Gasteiger partial charge on any atom is -0.339 e. The van der Waals surface area contributed by atoms with Crippen LogP contribution < -0.4 is 5.32 Å². The Kier molecular flexibility index (Phi) is 3.34. The molecule has 1 unspecified atom stereocenters. The van der Waals surface area contributed by atoms with Crippen molar-refractivity contribution in [3.63, 3.8) is 0 Å². The van der Waals surface area contributed by atoms with Crippen LogP contribution in [0.4, 0.5) is 0 Å². The van der Waals surface area contributed by atoms with Gasteiger partial charge in [0, 0.05) is 19.0 Å². The first-order valence-corrected chi connectivity index (χ1v) is 7.17. The summed E-state index contributed by atoms with van der Waals surface area (Å²) in [6, 6.07) is 9.11. The molecule has 4 heteroatoms. The normalized spacial score (nSPS) is 20.1. The highest BCUT2D eigenvalue weighted by atomic mass is 16.5. The molecule has 1 aromatic carbocycles. The van der Waals surface area contributed by atoms with Crippen LogP contribution in [0.15, 0.2) is 28.8 Å². The van der Waals surface area contributed by atoms with Crippen molar-refractivity contribution in [2.75, 3.05) is 6.54 Å². The number of nitrogens with zero attached hydrogens (tertiary/aromatic N) is 2. The molecule has 0 radical (unpaired) electrons. The molecule has 1 aliphatic rings. The number of benzene rings is 1. The van der Waals surface area contributed by atoms with Crippen molar-refractivity contribution < 1.29 is 4.52 Å². The van der Waals surface area contributed by atoms with Crippen LogP contribution in [-0.2, 0) is 12.8 Å². The molecule has 1 atom stereocenters. The highest BCUT2D eigenvalue weighted by Crippen LogP contribution is 2.44. The lowest BCUT2D eigenvalue weighted by molar-refractivity contribution is 0.267. The molecule has 0 spiro atoms. The molecule has 4 nitrogen and oxygen atoms in total. The van der Waals surface area contributed by atoms with Crippen molar-refractivity contribution in [1.29, 1.82) is 0 Å². The van der Waals surface area contributed by atoms with Crippen molar-refractivity contribution in [1.82, 2.24) is 15.5 Å². The van der Waals surface area contributed by atoms with Crippen LogP contribution in [0.25, 0.3) is 0 Å². The smallest absolute Gasteiger partial charge is 0.227 e. The molecule has 0 aliphatic heterocycles. The number of hydrogen-bond acceptors (Lipinski definition) is 4. The molecule has 20 heavy (non-hydrogen) atoms. The van der Waals surface area contributed by atoms with Gasteiger partial charge in [0.15, 0.2) is 5.82 Å². The minimum absolute atomic E-state index is 0.244. The molecular formula is C16H21N3O. The maximum Gasteiger partial charge on any atom is 0.227 e. The summed E-state index contributed by atoms with van der Waals surface area (Å²) in [7, 11) is 0. The number of aromatic nitrogens is 2. The van der Waals surface area contributed by atoms with E-state index in [2.05, 4.69) is 53.6 Å². The number of nitrogens with one attached hydrogen (secondary N) is 1. The van der Waals surface area contributed by atoms with Crippen molar-refractivity contribution in [3.8, 4) is 0 Å². The van der Waals surface area contributed by atoms with E-state index in [4.69, 9.17) is 4.52 Å². The lowest BCUT2D eigenvalue weighted by atomic mass is 9.85. The highest BCUT2D eigenvalue weighted by Gasteiger charge is 2.38. The quantitative estimate of drug-likeness (QED) is 0.929. The Bertz CT molecular complexity index is 603. The first-order valence-electron chi connectivity index (χ1n) is 7.17. The Hall–Kier alpha value is -1.68. The van der Waals surface area contributed by atoms with Gasteiger partial charge in [-0.1, -0.05) is 43.3 Å². The van der Waals surface area contributed by atoms with E-state index in [9.17, 15) is 0 Å². The molecule has 106 valence electrons. The highest BCUT2D eigenvalue weighted by molar-refractivity contribution is 5.37. The summed E-state index contributed by atoms with van der Waals surface area (Å²) < 4.78 is 5.15. The van der Waals surface area contributed by atoms with Crippen LogP contribution >= 0.6 is 0 Å². The van der Waals surface area contributed by atoms with Gasteiger partial charge >= 0.3 is 0 Å². The first kappa shape index (κ1) is 13.3. The average Bonchev–Trinajstić information content (AvgIpc) is 2.91. The van der Waals surface area contributed by atoms with Gasteiger partial charge in [0.05, 0.1) is 0 Å². The molecule has 1 aromatic heterocycles. The van der Waals surface area contributed by atoms with Crippen molar-refractivity contribution in [3.05, 3.63) is 47.1 Å². The molecule has 0 bridgehead atoms. The summed E-state index contributed by atoms with van der Waals surface area (Å²) in [6.07, 6.45) is 1.90. The van der Waals surface area contributed by atoms with E-state index < -0.39 is 0 Å². The number of rotatable bonds is 4. The first-order chi connectivity index (χ1) is 9.56. The summed E-state index contributed by atoms with van der Waals surface area (Å²) in [5, 5.41) is 7.48. The molecule has 0 saturated heterocycles. The fourth-order valence-corrected chi connectivity index (χ4v) is 3.14. The van der Waals surface area contributed by atoms with E-state index in [1.807, 2.05) is 6.92 Å². The van der Waals surface area contributed by atoms with E-state index in [0.717, 1.165) is 19.4 Å². The van der Waals surface area contributed by atoms with Gasteiger partial charge in [-0.3, -0.25) is 0 Å². The summed E-state index contributed by atoms with van der Waals surface area (Å²) >= 11 is 0. The Labute approximate surface area is 119 Å². The van der Waals surface area contributed by atoms with E-state index in [1.54, 1.807) is 0 Å². The zero-order valence-electron chi connectivity index (χ0n) is 12.3. The van der Waals surface area contributed by atoms with E-state index in [0.29, 0.717) is 17.8 Å². The second-order valence-electron chi connectivity index (χ2n) is 6.24. The van der Waals surface area contributed by atoms with E-state index in [-0.39, 0.29) is 5.41 Å². The van der Waals surface area contributed by atoms with Gasteiger partial charge in [0.25, 0.3) is 0 Å². The van der Waals surface area contributed by atoms with Gasteiger partial charge < -0.3 is 9.84 Å². The SMILES string of the molecule is Cc1noc(CCNC2c3ccccc3CC2(C)C)n1. The molecule has 1 aliphatic carbocycles. The summed E-state index contributed by atoms with van der Waals surface area (Å²) in [4.78, 5) is 4.24. The maximum absolute atomic E-state index is 5.15. The third-order valence-electron chi connectivity index (χ3n) is 4.05. The predicted molar refractivity (Wildman–Crippen MR) is 77.4 cm³/mol. The van der Waals surface area contributed by atoms with E-state index in [1.165, 1.54) is 11.1 Å².